The molecule has 3 nitrogen and oxygen atoms in total. The normalized spacial score (nSPS) is 11.3. The van der Waals surface area contributed by atoms with Gasteiger partial charge in [-0.05, 0) is 24.3 Å². The van der Waals surface area contributed by atoms with Gasteiger partial charge in [0.05, 0.1) is 10.6 Å². The second-order valence-electron chi connectivity index (χ2n) is 4.21. The minimum absolute atomic E-state index is 0.0345. The maximum Gasteiger partial charge on any atom is 0.195 e. The average Bonchev–Trinajstić information content (AvgIpc) is 2.47. The van der Waals surface area contributed by atoms with Crippen LogP contribution in [0.1, 0.15) is 22.8 Å². The zero-order valence-corrected chi connectivity index (χ0v) is 13.2. The summed E-state index contributed by atoms with van der Waals surface area (Å²) >= 11 is 3.32. The van der Waals surface area contributed by atoms with Gasteiger partial charge in [0.2, 0.25) is 0 Å². The van der Waals surface area contributed by atoms with Gasteiger partial charge in [0.25, 0.3) is 0 Å². The van der Waals surface area contributed by atoms with Crippen LogP contribution in [0.2, 0.25) is 0 Å². The number of sulfone groups is 1. The molecule has 104 valence electrons. The summed E-state index contributed by atoms with van der Waals surface area (Å²) < 4.78 is 24.8. The summed E-state index contributed by atoms with van der Waals surface area (Å²) in [7, 11) is -3.43. The van der Waals surface area contributed by atoms with E-state index in [2.05, 4.69) is 15.9 Å². The molecule has 0 N–H and O–H groups in total. The summed E-state index contributed by atoms with van der Waals surface area (Å²) in [5, 5.41) is 0. The molecule has 0 bridgehead atoms. The summed E-state index contributed by atoms with van der Waals surface area (Å²) in [6.07, 6.45) is 0. The molecule has 5 heteroatoms. The van der Waals surface area contributed by atoms with Gasteiger partial charge < -0.3 is 0 Å². The lowest BCUT2D eigenvalue weighted by Gasteiger charge is -2.09. The maximum atomic E-state index is 12.6. The standard InChI is InChI=1S/C15H13BrO3S/c1-2-20(18,19)14-10-6-4-8-12(14)15(17)11-7-3-5-9-13(11)16/h3-10H,2H2,1H3. The van der Waals surface area contributed by atoms with Crippen molar-refractivity contribution in [2.24, 2.45) is 0 Å². The van der Waals surface area contributed by atoms with Crippen LogP contribution in [-0.4, -0.2) is 20.0 Å². The van der Waals surface area contributed by atoms with Crippen molar-refractivity contribution in [3.05, 3.63) is 64.1 Å². The third kappa shape index (κ3) is 2.83. The van der Waals surface area contributed by atoms with Crippen LogP contribution < -0.4 is 0 Å². The van der Waals surface area contributed by atoms with Crippen LogP contribution in [0.25, 0.3) is 0 Å². The lowest BCUT2D eigenvalue weighted by molar-refractivity contribution is 0.103. The van der Waals surface area contributed by atoms with Gasteiger partial charge in [0, 0.05) is 15.6 Å². The molecule has 2 aromatic rings. The smallest absolute Gasteiger partial charge is 0.195 e. The Hall–Kier alpha value is -1.46. The molecule has 0 aliphatic rings. The van der Waals surface area contributed by atoms with E-state index in [4.69, 9.17) is 0 Å². The Morgan fingerprint density at radius 2 is 1.55 bits per heavy atom. The van der Waals surface area contributed by atoms with Gasteiger partial charge in [-0.2, -0.15) is 0 Å². The largest absolute Gasteiger partial charge is 0.289 e. The number of halogens is 1. The summed E-state index contributed by atoms with van der Waals surface area (Å²) in [6, 6.07) is 13.3. The van der Waals surface area contributed by atoms with E-state index < -0.39 is 9.84 Å². The average molecular weight is 353 g/mol. The van der Waals surface area contributed by atoms with E-state index in [-0.39, 0.29) is 22.0 Å². The number of benzene rings is 2. The first-order chi connectivity index (χ1) is 9.47. The van der Waals surface area contributed by atoms with Crippen LogP contribution in [0.15, 0.2) is 57.9 Å². The molecule has 0 atom stereocenters. The first kappa shape index (κ1) is 14.9. The Kier molecular flexibility index (Phi) is 4.40. The topological polar surface area (TPSA) is 51.2 Å². The van der Waals surface area contributed by atoms with E-state index in [0.29, 0.717) is 10.0 Å². The van der Waals surface area contributed by atoms with Crippen molar-refractivity contribution in [3.8, 4) is 0 Å². The van der Waals surface area contributed by atoms with Gasteiger partial charge in [0.15, 0.2) is 15.6 Å². The number of carbonyl (C=O) groups is 1. The van der Waals surface area contributed by atoms with Crippen molar-refractivity contribution >= 4 is 31.6 Å². The Morgan fingerprint density at radius 1 is 1.00 bits per heavy atom. The molecule has 0 spiro atoms. The number of hydrogen-bond acceptors (Lipinski definition) is 3. The molecule has 0 amide bonds. The Morgan fingerprint density at radius 3 is 2.15 bits per heavy atom. The van der Waals surface area contributed by atoms with Crippen LogP contribution in [-0.2, 0) is 9.84 Å². The number of hydrogen-bond donors (Lipinski definition) is 0. The molecule has 2 aromatic carbocycles. The minimum atomic E-state index is -3.43. The third-order valence-electron chi connectivity index (χ3n) is 2.97. The van der Waals surface area contributed by atoms with Crippen LogP contribution in [0.4, 0.5) is 0 Å². The highest BCUT2D eigenvalue weighted by atomic mass is 79.9. The van der Waals surface area contributed by atoms with Gasteiger partial charge in [-0.3, -0.25) is 4.79 Å². The zero-order valence-electron chi connectivity index (χ0n) is 10.8. The molecular weight excluding hydrogens is 340 g/mol. The minimum Gasteiger partial charge on any atom is -0.289 e. The van der Waals surface area contributed by atoms with E-state index >= 15 is 0 Å². The molecule has 0 aliphatic carbocycles. The second kappa shape index (κ2) is 5.89. The first-order valence-electron chi connectivity index (χ1n) is 6.08. The fourth-order valence-corrected chi connectivity index (χ4v) is 3.43. The molecule has 0 unspecified atom stereocenters. The van der Waals surface area contributed by atoms with E-state index in [1.807, 2.05) is 0 Å². The summed E-state index contributed by atoms with van der Waals surface area (Å²) in [5.74, 6) is -0.335. The van der Waals surface area contributed by atoms with Crippen LogP contribution in [0, 0.1) is 0 Å². The molecule has 2 rings (SSSR count). The van der Waals surface area contributed by atoms with Gasteiger partial charge in [-0.15, -0.1) is 0 Å². The van der Waals surface area contributed by atoms with Gasteiger partial charge in [0.1, 0.15) is 0 Å². The van der Waals surface area contributed by atoms with E-state index in [0.717, 1.165) is 0 Å². The molecule has 0 saturated heterocycles. The SMILES string of the molecule is CCS(=O)(=O)c1ccccc1C(=O)c1ccccc1Br. The summed E-state index contributed by atoms with van der Waals surface area (Å²) in [5.41, 5.74) is 0.660. The fourth-order valence-electron chi connectivity index (χ4n) is 1.87. The Balaban J connectivity index is 2.61. The molecule has 0 aromatic heterocycles. The lowest BCUT2D eigenvalue weighted by atomic mass is 10.0. The Bertz CT molecular complexity index is 751. The van der Waals surface area contributed by atoms with Crippen LogP contribution >= 0.6 is 15.9 Å². The first-order valence-corrected chi connectivity index (χ1v) is 8.53. The highest BCUT2D eigenvalue weighted by Gasteiger charge is 2.22. The summed E-state index contributed by atoms with van der Waals surface area (Å²) in [4.78, 5) is 12.6. The van der Waals surface area contributed by atoms with Gasteiger partial charge in [-0.25, -0.2) is 8.42 Å². The predicted molar refractivity (Wildman–Crippen MR) is 81.7 cm³/mol. The highest BCUT2D eigenvalue weighted by molar-refractivity contribution is 9.10. The van der Waals surface area contributed by atoms with Crippen molar-refractivity contribution in [2.75, 3.05) is 5.75 Å². The van der Waals surface area contributed by atoms with Crippen molar-refractivity contribution < 1.29 is 13.2 Å². The maximum absolute atomic E-state index is 12.6. The Labute approximate surface area is 126 Å². The van der Waals surface area contributed by atoms with E-state index in [1.165, 1.54) is 6.07 Å². The quantitative estimate of drug-likeness (QED) is 0.791. The van der Waals surface area contributed by atoms with Crippen molar-refractivity contribution in [1.29, 1.82) is 0 Å². The second-order valence-corrected chi connectivity index (χ2v) is 7.31. The highest BCUT2D eigenvalue weighted by Crippen LogP contribution is 2.24. The van der Waals surface area contributed by atoms with Crippen molar-refractivity contribution in [2.45, 2.75) is 11.8 Å². The molecule has 0 saturated carbocycles. The zero-order chi connectivity index (χ0) is 14.8. The molecule has 0 fully saturated rings. The van der Waals surface area contributed by atoms with Gasteiger partial charge in [-0.1, -0.05) is 47.1 Å². The summed E-state index contributed by atoms with van der Waals surface area (Å²) in [6.45, 7) is 1.56. The van der Waals surface area contributed by atoms with Gasteiger partial charge >= 0.3 is 0 Å². The molecule has 0 radical (unpaired) electrons. The lowest BCUT2D eigenvalue weighted by Crippen LogP contribution is -2.12. The molecule has 0 heterocycles. The molecule has 0 aliphatic heterocycles. The molecule has 20 heavy (non-hydrogen) atoms. The third-order valence-corrected chi connectivity index (χ3v) is 5.44. The van der Waals surface area contributed by atoms with Crippen LogP contribution in [0.3, 0.4) is 0 Å². The van der Waals surface area contributed by atoms with E-state index in [1.54, 1.807) is 49.4 Å². The predicted octanol–water partition coefficient (Wildman–Crippen LogP) is 3.47. The number of carbonyl (C=O) groups excluding carboxylic acids is 1. The number of rotatable bonds is 4. The fraction of sp³-hybridized carbons (Fsp3) is 0.133. The number of ketones is 1. The van der Waals surface area contributed by atoms with Crippen molar-refractivity contribution in [1.82, 2.24) is 0 Å². The van der Waals surface area contributed by atoms with E-state index in [9.17, 15) is 13.2 Å². The van der Waals surface area contributed by atoms with Crippen LogP contribution in [0.5, 0.6) is 0 Å². The monoisotopic (exact) mass is 352 g/mol. The van der Waals surface area contributed by atoms with Crippen molar-refractivity contribution in [3.63, 3.8) is 0 Å². The molecular formula is C15H13BrO3S.